The molecule has 1 aromatic heterocycles. The Balaban J connectivity index is 1.40. The molecule has 0 unspecified atom stereocenters. The van der Waals surface area contributed by atoms with E-state index in [-0.39, 0.29) is 24.4 Å². The molecule has 7 nitrogen and oxygen atoms in total. The van der Waals surface area contributed by atoms with Crippen LogP contribution in [0.25, 0.3) is 10.9 Å². The van der Waals surface area contributed by atoms with Gasteiger partial charge in [0.1, 0.15) is 0 Å². The average molecular weight is 434 g/mol. The van der Waals surface area contributed by atoms with E-state index < -0.39 is 0 Å². The minimum Gasteiger partial charge on any atom is -0.370 e. The Kier molecular flexibility index (Phi) is 6.14. The monoisotopic (exact) mass is 433 g/mol. The van der Waals surface area contributed by atoms with Crippen LogP contribution in [0.4, 0.5) is 5.69 Å². The van der Waals surface area contributed by atoms with Gasteiger partial charge in [0, 0.05) is 44.8 Å². The van der Waals surface area contributed by atoms with Gasteiger partial charge in [0.15, 0.2) is 4.77 Å². The summed E-state index contributed by atoms with van der Waals surface area (Å²) in [4.78, 5) is 32.8. The van der Waals surface area contributed by atoms with Crippen LogP contribution in [-0.2, 0) is 11.3 Å². The van der Waals surface area contributed by atoms with E-state index in [4.69, 9.17) is 17.5 Å². The summed E-state index contributed by atoms with van der Waals surface area (Å²) in [5, 5.41) is 9.53. The zero-order valence-electron chi connectivity index (χ0n) is 17.1. The van der Waals surface area contributed by atoms with Crippen LogP contribution in [0.15, 0.2) is 53.3 Å². The van der Waals surface area contributed by atoms with Crippen LogP contribution in [0.3, 0.4) is 0 Å². The molecule has 2 heterocycles. The normalized spacial score (nSPS) is 14.3. The topological polar surface area (TPSA) is 85.1 Å². The summed E-state index contributed by atoms with van der Waals surface area (Å²) >= 11 is 5.34. The van der Waals surface area contributed by atoms with Crippen LogP contribution in [-0.4, -0.2) is 46.5 Å². The molecule has 8 heteroatoms. The lowest BCUT2D eigenvalue weighted by Gasteiger charge is -2.24. The van der Waals surface area contributed by atoms with Crippen LogP contribution in [0, 0.1) is 16.1 Å². The Morgan fingerprint density at radius 3 is 2.61 bits per heavy atom. The second-order valence-electron chi connectivity index (χ2n) is 7.56. The molecule has 0 aliphatic carbocycles. The predicted molar refractivity (Wildman–Crippen MR) is 123 cm³/mol. The number of amides is 1. The van der Waals surface area contributed by atoms with E-state index in [1.165, 1.54) is 4.57 Å². The number of aromatic nitrogens is 2. The first-order chi connectivity index (χ1) is 15.1. The Morgan fingerprint density at radius 2 is 1.84 bits per heavy atom. The molecule has 0 saturated carbocycles. The van der Waals surface area contributed by atoms with E-state index in [2.05, 4.69) is 16.0 Å². The highest BCUT2D eigenvalue weighted by molar-refractivity contribution is 7.71. The zero-order chi connectivity index (χ0) is 21.8. The zero-order valence-corrected chi connectivity index (χ0v) is 17.9. The summed E-state index contributed by atoms with van der Waals surface area (Å²) in [6.07, 6.45) is 1.09. The summed E-state index contributed by atoms with van der Waals surface area (Å²) < 4.78 is 1.80. The van der Waals surface area contributed by atoms with Crippen LogP contribution in [0.1, 0.15) is 18.4 Å². The molecule has 1 N–H and O–H groups in total. The highest BCUT2D eigenvalue weighted by Gasteiger charge is 2.19. The second kappa shape index (κ2) is 9.14. The fourth-order valence-electron chi connectivity index (χ4n) is 3.94. The number of anilines is 1. The third kappa shape index (κ3) is 4.52. The van der Waals surface area contributed by atoms with Gasteiger partial charge in [-0.05, 0) is 55.0 Å². The maximum Gasteiger partial charge on any atom is 0.262 e. The highest BCUT2D eigenvalue weighted by Crippen LogP contribution is 2.18. The summed E-state index contributed by atoms with van der Waals surface area (Å²) in [6, 6.07) is 16.9. The molecule has 1 fully saturated rings. The van der Waals surface area contributed by atoms with E-state index >= 15 is 0 Å². The van der Waals surface area contributed by atoms with Gasteiger partial charge < -0.3 is 14.8 Å². The number of H-pyrrole nitrogens is 1. The molecule has 3 aromatic rings. The average Bonchev–Trinajstić information content (AvgIpc) is 3.05. The van der Waals surface area contributed by atoms with Crippen molar-refractivity contribution in [1.29, 1.82) is 5.26 Å². The van der Waals surface area contributed by atoms with Gasteiger partial charge in [0.2, 0.25) is 5.91 Å². The van der Waals surface area contributed by atoms with Gasteiger partial charge >= 0.3 is 0 Å². The van der Waals surface area contributed by atoms with Crippen LogP contribution in [0.5, 0.6) is 0 Å². The number of hydrogen-bond acceptors (Lipinski definition) is 5. The molecule has 1 aliphatic heterocycles. The van der Waals surface area contributed by atoms with Crippen molar-refractivity contribution in [3.8, 4) is 6.07 Å². The van der Waals surface area contributed by atoms with E-state index in [0.717, 1.165) is 25.2 Å². The molecule has 4 rings (SSSR count). The smallest absolute Gasteiger partial charge is 0.262 e. The van der Waals surface area contributed by atoms with Crippen molar-refractivity contribution < 1.29 is 4.79 Å². The number of rotatable bonds is 4. The summed E-state index contributed by atoms with van der Waals surface area (Å²) in [6.45, 7) is 3.15. The van der Waals surface area contributed by atoms with E-state index in [0.29, 0.717) is 34.3 Å². The second-order valence-corrected chi connectivity index (χ2v) is 7.95. The highest BCUT2D eigenvalue weighted by atomic mass is 32.1. The minimum absolute atomic E-state index is 0.0242. The number of nitrogens with one attached hydrogen (secondary N) is 1. The Labute approximate surface area is 185 Å². The van der Waals surface area contributed by atoms with Crippen molar-refractivity contribution in [2.24, 2.45) is 0 Å². The summed E-state index contributed by atoms with van der Waals surface area (Å²) in [5.41, 5.74) is 2.23. The number of nitriles is 1. The molecule has 0 bridgehead atoms. The van der Waals surface area contributed by atoms with Crippen molar-refractivity contribution in [3.05, 3.63) is 69.2 Å². The van der Waals surface area contributed by atoms with E-state index in [9.17, 15) is 9.59 Å². The van der Waals surface area contributed by atoms with E-state index in [1.54, 1.807) is 6.07 Å². The van der Waals surface area contributed by atoms with Crippen molar-refractivity contribution in [3.63, 3.8) is 0 Å². The first kappa shape index (κ1) is 20.8. The number of carbonyl (C=O) groups excluding carboxylic acids is 1. The molecular formula is C23H23N5O2S. The quantitative estimate of drug-likeness (QED) is 0.639. The van der Waals surface area contributed by atoms with Crippen molar-refractivity contribution in [1.82, 2.24) is 14.5 Å². The molecule has 0 atom stereocenters. The van der Waals surface area contributed by atoms with Gasteiger partial charge in [0.05, 0.1) is 22.5 Å². The molecule has 31 heavy (non-hydrogen) atoms. The fraction of sp³-hybridized carbons (Fsp3) is 0.304. The number of benzene rings is 2. The lowest BCUT2D eigenvalue weighted by atomic mass is 10.2. The maximum atomic E-state index is 12.8. The molecule has 0 spiro atoms. The molecule has 2 aromatic carbocycles. The largest absolute Gasteiger partial charge is 0.370 e. The van der Waals surface area contributed by atoms with Gasteiger partial charge in [-0.2, -0.15) is 5.26 Å². The van der Waals surface area contributed by atoms with Gasteiger partial charge in [0.25, 0.3) is 5.56 Å². The lowest BCUT2D eigenvalue weighted by molar-refractivity contribution is -0.131. The van der Waals surface area contributed by atoms with Crippen molar-refractivity contribution in [2.45, 2.75) is 19.4 Å². The standard InChI is InChI=1S/C23H23N5O2S/c24-16-17-6-8-18(9-7-17)26-11-3-12-27(15-14-26)21(29)10-13-28-22(30)19-4-1-2-5-20(19)25-23(28)31/h1-2,4-9H,3,10-15H2,(H,25,31). The number of aromatic amines is 1. The summed E-state index contributed by atoms with van der Waals surface area (Å²) in [5.74, 6) is 0.0242. The molecule has 158 valence electrons. The van der Waals surface area contributed by atoms with Gasteiger partial charge in [-0.1, -0.05) is 12.1 Å². The minimum atomic E-state index is -0.171. The molecule has 1 aliphatic rings. The molecule has 1 amide bonds. The third-order valence-corrected chi connectivity index (χ3v) is 5.97. The van der Waals surface area contributed by atoms with Crippen molar-refractivity contribution >= 4 is 34.7 Å². The van der Waals surface area contributed by atoms with Crippen LogP contribution < -0.4 is 10.5 Å². The number of fused-ring (bicyclic) bond motifs is 1. The number of hydrogen-bond donors (Lipinski definition) is 1. The molecule has 1 saturated heterocycles. The van der Waals surface area contributed by atoms with Crippen LogP contribution >= 0.6 is 12.2 Å². The van der Waals surface area contributed by atoms with Gasteiger partial charge in [-0.15, -0.1) is 0 Å². The fourth-order valence-corrected chi connectivity index (χ4v) is 4.22. The SMILES string of the molecule is N#Cc1ccc(N2CCCN(C(=O)CCn3c(=S)[nH]c4ccccc4c3=O)CC2)cc1. The Hall–Kier alpha value is -3.44. The number of para-hydroxylation sites is 1. The van der Waals surface area contributed by atoms with E-state index in [1.807, 2.05) is 47.4 Å². The molecule has 0 radical (unpaired) electrons. The Morgan fingerprint density at radius 1 is 1.06 bits per heavy atom. The first-order valence-corrected chi connectivity index (χ1v) is 10.7. The first-order valence-electron chi connectivity index (χ1n) is 10.3. The maximum absolute atomic E-state index is 12.8. The third-order valence-electron chi connectivity index (χ3n) is 5.65. The van der Waals surface area contributed by atoms with Crippen molar-refractivity contribution in [2.75, 3.05) is 31.1 Å². The lowest BCUT2D eigenvalue weighted by Crippen LogP contribution is -2.36. The van der Waals surface area contributed by atoms with Gasteiger partial charge in [-0.25, -0.2) is 0 Å². The number of nitrogens with zero attached hydrogens (tertiary/aromatic N) is 4. The number of carbonyl (C=O) groups is 1. The predicted octanol–water partition coefficient (Wildman–Crippen LogP) is 3.06. The Bertz CT molecular complexity index is 1260. The molecular weight excluding hydrogens is 410 g/mol. The van der Waals surface area contributed by atoms with Crippen LogP contribution in [0.2, 0.25) is 0 Å². The van der Waals surface area contributed by atoms with Gasteiger partial charge in [-0.3, -0.25) is 14.2 Å². The summed E-state index contributed by atoms with van der Waals surface area (Å²) in [7, 11) is 0.